The summed E-state index contributed by atoms with van der Waals surface area (Å²) in [6.07, 6.45) is -3.62. The van der Waals surface area contributed by atoms with E-state index in [1.165, 1.54) is 13.8 Å². The molecule has 160 valence electrons. The van der Waals surface area contributed by atoms with Crippen molar-refractivity contribution in [1.82, 2.24) is 0 Å². The van der Waals surface area contributed by atoms with Crippen LogP contribution >= 0.6 is 23.2 Å². The number of nitro groups is 2. The summed E-state index contributed by atoms with van der Waals surface area (Å²) in [5.41, 5.74) is -1.83. The molecule has 0 aromatic heterocycles. The van der Waals surface area contributed by atoms with Crippen molar-refractivity contribution in [2.45, 2.75) is 26.1 Å². The molecular formula is C17H12Cl2F2N2O7. The van der Waals surface area contributed by atoms with Crippen molar-refractivity contribution in [3.05, 3.63) is 77.3 Å². The summed E-state index contributed by atoms with van der Waals surface area (Å²) >= 11 is 11.7. The fourth-order valence-electron chi connectivity index (χ4n) is 2.45. The molecule has 2 unspecified atom stereocenters. The summed E-state index contributed by atoms with van der Waals surface area (Å²) in [5, 5.41) is 21.3. The zero-order valence-corrected chi connectivity index (χ0v) is 16.7. The van der Waals surface area contributed by atoms with Crippen LogP contribution in [0.1, 0.15) is 37.2 Å². The van der Waals surface area contributed by atoms with Gasteiger partial charge in [-0.05, 0) is 13.8 Å². The van der Waals surface area contributed by atoms with Crippen LogP contribution in [0.4, 0.5) is 25.0 Å². The van der Waals surface area contributed by atoms with Gasteiger partial charge in [0.25, 0.3) is 0 Å². The van der Waals surface area contributed by atoms with E-state index in [0.717, 1.165) is 12.1 Å². The molecule has 30 heavy (non-hydrogen) atoms. The van der Waals surface area contributed by atoms with E-state index < -0.39 is 51.2 Å². The lowest BCUT2D eigenvalue weighted by atomic mass is 10.1. The highest BCUT2D eigenvalue weighted by Gasteiger charge is 2.26. The van der Waals surface area contributed by atoms with Gasteiger partial charge >= 0.3 is 17.5 Å². The molecule has 0 spiro atoms. The van der Waals surface area contributed by atoms with Crippen LogP contribution in [0.25, 0.3) is 0 Å². The number of carbonyl (C=O) groups is 1. The molecule has 0 aliphatic carbocycles. The second kappa shape index (κ2) is 9.18. The molecule has 2 atom stereocenters. The Morgan fingerprint density at radius 1 is 0.867 bits per heavy atom. The van der Waals surface area contributed by atoms with E-state index in [1.807, 2.05) is 0 Å². The van der Waals surface area contributed by atoms with Crippen molar-refractivity contribution in [1.29, 1.82) is 0 Å². The van der Waals surface area contributed by atoms with Gasteiger partial charge in [0.05, 0.1) is 19.9 Å². The third-order valence-corrected chi connectivity index (χ3v) is 4.60. The normalized spacial score (nSPS) is 12.7. The molecule has 2 aromatic rings. The molecule has 0 saturated heterocycles. The molecular weight excluding hydrogens is 453 g/mol. The molecule has 2 aromatic carbocycles. The molecule has 0 radical (unpaired) electrons. The number of rotatable bonds is 6. The van der Waals surface area contributed by atoms with Crippen LogP contribution in [0, 0.1) is 31.9 Å². The molecule has 2 rings (SSSR count). The Bertz CT molecular complexity index is 956. The summed E-state index contributed by atoms with van der Waals surface area (Å²) in [6, 6.07) is 3.05. The first kappa shape index (κ1) is 23.2. The maximum absolute atomic E-state index is 13.6. The van der Waals surface area contributed by atoms with Crippen LogP contribution in [0.2, 0.25) is 10.0 Å². The quantitative estimate of drug-likeness (QED) is 0.289. The predicted octanol–water partition coefficient (Wildman–Crippen LogP) is 6.06. The maximum Gasteiger partial charge on any atom is 0.509 e. The van der Waals surface area contributed by atoms with Gasteiger partial charge in [-0.15, -0.1) is 0 Å². The van der Waals surface area contributed by atoms with E-state index in [9.17, 15) is 33.8 Å². The average Bonchev–Trinajstić information content (AvgIpc) is 2.60. The molecule has 0 amide bonds. The lowest BCUT2D eigenvalue weighted by Gasteiger charge is -2.18. The SMILES string of the molecule is CC(OC(=O)OC(C)c1cc([N+](=O)[O-])c(F)cc1Cl)c1cc([N+](=O)[O-])c(F)cc1Cl. The summed E-state index contributed by atoms with van der Waals surface area (Å²) < 4.78 is 37.1. The Kier molecular flexibility index (Phi) is 7.11. The van der Waals surface area contributed by atoms with Gasteiger partial charge in [-0.25, -0.2) is 4.79 Å². The lowest BCUT2D eigenvalue weighted by molar-refractivity contribution is -0.387. The van der Waals surface area contributed by atoms with Crippen LogP contribution in [0.15, 0.2) is 24.3 Å². The van der Waals surface area contributed by atoms with E-state index in [-0.39, 0.29) is 21.2 Å². The van der Waals surface area contributed by atoms with Gasteiger partial charge < -0.3 is 9.47 Å². The molecule has 13 heteroatoms. The third-order valence-electron chi connectivity index (χ3n) is 3.95. The van der Waals surface area contributed by atoms with Crippen molar-refractivity contribution in [2.75, 3.05) is 0 Å². The molecule has 0 N–H and O–H groups in total. The van der Waals surface area contributed by atoms with E-state index in [2.05, 4.69) is 0 Å². The average molecular weight is 465 g/mol. The molecule has 0 heterocycles. The number of ether oxygens (including phenoxy) is 2. The Hall–Kier alpha value is -3.05. The fourth-order valence-corrected chi connectivity index (χ4v) is 3.06. The first-order valence-electron chi connectivity index (χ1n) is 8.06. The Morgan fingerprint density at radius 2 is 1.20 bits per heavy atom. The predicted molar refractivity (Wildman–Crippen MR) is 101 cm³/mol. The van der Waals surface area contributed by atoms with Crippen LogP contribution in [0.3, 0.4) is 0 Å². The Labute approximate surface area is 177 Å². The number of nitrogens with zero attached hydrogens (tertiary/aromatic N) is 2. The number of hydrogen-bond donors (Lipinski definition) is 0. The highest BCUT2D eigenvalue weighted by atomic mass is 35.5. The van der Waals surface area contributed by atoms with E-state index in [1.54, 1.807) is 0 Å². The minimum absolute atomic E-state index is 0.0511. The van der Waals surface area contributed by atoms with Crippen LogP contribution < -0.4 is 0 Å². The van der Waals surface area contributed by atoms with Crippen molar-refractivity contribution < 1.29 is 32.9 Å². The van der Waals surface area contributed by atoms with Gasteiger partial charge in [-0.1, -0.05) is 23.2 Å². The summed E-state index contributed by atoms with van der Waals surface area (Å²) in [4.78, 5) is 31.9. The fraction of sp³-hybridized carbons (Fsp3) is 0.235. The largest absolute Gasteiger partial charge is 0.509 e. The van der Waals surface area contributed by atoms with Crippen LogP contribution in [0.5, 0.6) is 0 Å². The molecule has 9 nitrogen and oxygen atoms in total. The summed E-state index contributed by atoms with van der Waals surface area (Å²) in [5.74, 6) is -2.32. The standard InChI is InChI=1S/C17H12Cl2F2N2O7/c1-7(9-3-15(22(25)26)13(20)5-11(9)18)29-17(24)30-8(2)10-4-16(23(27)28)14(21)6-12(10)19/h3-8H,1-2H3. The molecule has 0 saturated carbocycles. The number of nitro benzene ring substituents is 2. The van der Waals surface area contributed by atoms with Crippen molar-refractivity contribution in [3.63, 3.8) is 0 Å². The molecule has 0 fully saturated rings. The number of benzene rings is 2. The number of halogens is 4. The topological polar surface area (TPSA) is 122 Å². The lowest BCUT2D eigenvalue weighted by Crippen LogP contribution is -2.14. The first-order valence-corrected chi connectivity index (χ1v) is 8.81. The van der Waals surface area contributed by atoms with E-state index in [4.69, 9.17) is 32.7 Å². The zero-order valence-electron chi connectivity index (χ0n) is 15.2. The Morgan fingerprint density at radius 3 is 1.50 bits per heavy atom. The zero-order chi connectivity index (χ0) is 22.7. The van der Waals surface area contributed by atoms with Gasteiger partial charge in [0, 0.05) is 35.4 Å². The smallest absolute Gasteiger partial charge is 0.426 e. The summed E-state index contributed by atoms with van der Waals surface area (Å²) in [6.45, 7) is 2.62. The first-order chi connectivity index (χ1) is 13.9. The van der Waals surface area contributed by atoms with Gasteiger partial charge in [0.1, 0.15) is 12.2 Å². The van der Waals surface area contributed by atoms with Crippen molar-refractivity contribution in [2.24, 2.45) is 0 Å². The molecule has 0 bridgehead atoms. The minimum atomic E-state index is -1.28. The Balaban J connectivity index is 2.18. The second-order valence-electron chi connectivity index (χ2n) is 5.93. The van der Waals surface area contributed by atoms with Crippen LogP contribution in [-0.4, -0.2) is 16.0 Å². The third kappa shape index (κ3) is 5.10. The minimum Gasteiger partial charge on any atom is -0.426 e. The summed E-state index contributed by atoms with van der Waals surface area (Å²) in [7, 11) is 0. The van der Waals surface area contributed by atoms with Crippen LogP contribution in [-0.2, 0) is 9.47 Å². The maximum atomic E-state index is 13.6. The monoisotopic (exact) mass is 464 g/mol. The molecule has 0 aliphatic heterocycles. The van der Waals surface area contributed by atoms with Gasteiger partial charge in [-0.2, -0.15) is 8.78 Å². The van der Waals surface area contributed by atoms with Gasteiger partial charge in [0.2, 0.25) is 11.6 Å². The number of hydrogen-bond acceptors (Lipinski definition) is 7. The highest BCUT2D eigenvalue weighted by Crippen LogP contribution is 2.34. The van der Waals surface area contributed by atoms with Crippen molar-refractivity contribution in [3.8, 4) is 0 Å². The molecule has 0 aliphatic rings. The second-order valence-corrected chi connectivity index (χ2v) is 6.75. The number of carbonyl (C=O) groups excluding carboxylic acids is 1. The van der Waals surface area contributed by atoms with Gasteiger partial charge in [-0.3, -0.25) is 20.2 Å². The van der Waals surface area contributed by atoms with E-state index >= 15 is 0 Å². The van der Waals surface area contributed by atoms with E-state index in [0.29, 0.717) is 12.1 Å². The highest BCUT2D eigenvalue weighted by molar-refractivity contribution is 6.31. The van der Waals surface area contributed by atoms with Gasteiger partial charge in [0.15, 0.2) is 0 Å². The van der Waals surface area contributed by atoms with Crippen molar-refractivity contribution >= 4 is 40.7 Å².